The van der Waals surface area contributed by atoms with Crippen LogP contribution in [0.15, 0.2) is 47.5 Å². The lowest BCUT2D eigenvalue weighted by Crippen LogP contribution is -2.35. The van der Waals surface area contributed by atoms with Crippen LogP contribution in [0.1, 0.15) is 27.9 Å². The van der Waals surface area contributed by atoms with Crippen LogP contribution in [0.2, 0.25) is 0 Å². The molecule has 1 amide bonds. The Morgan fingerprint density at radius 3 is 2.86 bits per heavy atom. The van der Waals surface area contributed by atoms with Gasteiger partial charge in [-0.15, -0.1) is 0 Å². The van der Waals surface area contributed by atoms with Crippen LogP contribution in [0, 0.1) is 18.3 Å². The van der Waals surface area contributed by atoms with Gasteiger partial charge in [-0.1, -0.05) is 6.07 Å². The van der Waals surface area contributed by atoms with Crippen LogP contribution in [-0.4, -0.2) is 39.9 Å². The van der Waals surface area contributed by atoms with Gasteiger partial charge >= 0.3 is 0 Å². The van der Waals surface area contributed by atoms with E-state index in [1.165, 1.54) is 10.9 Å². The van der Waals surface area contributed by atoms with Crippen LogP contribution in [0.4, 0.5) is 0 Å². The smallest absolute Gasteiger partial charge is 0.280 e. The van der Waals surface area contributed by atoms with Crippen molar-refractivity contribution in [2.24, 2.45) is 0 Å². The second kappa shape index (κ2) is 7.73. The number of aromatic nitrogens is 3. The van der Waals surface area contributed by atoms with Gasteiger partial charge < -0.3 is 10.1 Å². The first-order valence-electron chi connectivity index (χ1n) is 9.23. The number of nitrogens with one attached hydrogen (secondary N) is 2. The number of nitrogens with zero attached hydrogens (tertiary/aromatic N) is 3. The molecule has 3 aromatic rings. The lowest BCUT2D eigenvalue weighted by molar-refractivity contribution is 0.0929. The van der Waals surface area contributed by atoms with Gasteiger partial charge in [-0.05, 0) is 48.7 Å². The first-order chi connectivity index (χ1) is 14.1. The number of ether oxygens (including phenoxy) is 1. The Bertz CT molecular complexity index is 1150. The first-order valence-corrected chi connectivity index (χ1v) is 9.23. The molecule has 0 radical (unpaired) electrons. The number of hydrogen-bond donors (Lipinski definition) is 2. The SMILES string of the molecule is Cc1cc(C#N)ccc1-c1c[nH]n(-c2ccc(C(=O)N[C@H]3CCOC3)cn2)c1=O. The summed E-state index contributed by atoms with van der Waals surface area (Å²) in [4.78, 5) is 29.4. The number of benzene rings is 1. The van der Waals surface area contributed by atoms with Gasteiger partial charge in [0.05, 0.1) is 35.4 Å². The third kappa shape index (κ3) is 3.68. The fourth-order valence-corrected chi connectivity index (χ4v) is 3.34. The number of H-pyrrole nitrogens is 1. The summed E-state index contributed by atoms with van der Waals surface area (Å²) in [6.45, 7) is 3.03. The third-order valence-electron chi connectivity index (χ3n) is 4.92. The van der Waals surface area contributed by atoms with E-state index < -0.39 is 0 Å². The van der Waals surface area contributed by atoms with E-state index in [1.54, 1.807) is 36.5 Å². The van der Waals surface area contributed by atoms with E-state index in [0.717, 1.165) is 17.5 Å². The summed E-state index contributed by atoms with van der Waals surface area (Å²) in [5.41, 5.74) is 2.77. The maximum absolute atomic E-state index is 12.9. The largest absolute Gasteiger partial charge is 0.379 e. The van der Waals surface area contributed by atoms with Crippen LogP contribution in [0.3, 0.4) is 0 Å². The summed E-state index contributed by atoms with van der Waals surface area (Å²) in [5, 5.41) is 14.8. The average molecular weight is 389 g/mol. The van der Waals surface area contributed by atoms with E-state index in [2.05, 4.69) is 21.5 Å². The molecule has 1 saturated heterocycles. The highest BCUT2D eigenvalue weighted by atomic mass is 16.5. The average Bonchev–Trinajstić information content (AvgIpc) is 3.38. The highest BCUT2D eigenvalue weighted by Crippen LogP contribution is 2.21. The molecule has 2 aromatic heterocycles. The Labute approximate surface area is 166 Å². The summed E-state index contributed by atoms with van der Waals surface area (Å²) in [6, 6.07) is 10.5. The van der Waals surface area contributed by atoms with Crippen LogP contribution in [0.25, 0.3) is 16.9 Å². The maximum Gasteiger partial charge on any atom is 0.280 e. The first kappa shape index (κ1) is 18.7. The molecule has 1 aliphatic heterocycles. The summed E-state index contributed by atoms with van der Waals surface area (Å²) >= 11 is 0. The van der Waals surface area contributed by atoms with Crippen molar-refractivity contribution in [3.05, 3.63) is 69.8 Å². The van der Waals surface area contributed by atoms with Gasteiger partial charge in [0.15, 0.2) is 5.82 Å². The quantitative estimate of drug-likeness (QED) is 0.708. The molecule has 2 N–H and O–H groups in total. The van der Waals surface area contributed by atoms with Crippen molar-refractivity contribution in [1.29, 1.82) is 5.26 Å². The molecule has 1 aromatic carbocycles. The van der Waals surface area contributed by atoms with Crippen LogP contribution in [-0.2, 0) is 4.74 Å². The molecule has 1 aliphatic rings. The Kier molecular flexibility index (Phi) is 4.97. The minimum atomic E-state index is -0.259. The molecule has 1 atom stereocenters. The lowest BCUT2D eigenvalue weighted by Gasteiger charge is -2.10. The Balaban J connectivity index is 1.57. The number of amides is 1. The molecule has 1 fully saturated rings. The molecule has 0 spiro atoms. The number of aryl methyl sites for hydroxylation is 1. The van der Waals surface area contributed by atoms with E-state index in [1.807, 2.05) is 6.92 Å². The minimum Gasteiger partial charge on any atom is -0.379 e. The van der Waals surface area contributed by atoms with Gasteiger partial charge in [-0.25, -0.2) is 9.67 Å². The Morgan fingerprint density at radius 1 is 1.34 bits per heavy atom. The molecule has 29 heavy (non-hydrogen) atoms. The molecule has 0 aliphatic carbocycles. The predicted octanol–water partition coefficient (Wildman–Crippen LogP) is 1.93. The third-order valence-corrected chi connectivity index (χ3v) is 4.92. The van der Waals surface area contributed by atoms with Gasteiger partial charge in [0, 0.05) is 19.0 Å². The van der Waals surface area contributed by atoms with Gasteiger partial charge in [0.1, 0.15) is 0 Å². The number of rotatable bonds is 4. The van der Waals surface area contributed by atoms with Crippen molar-refractivity contribution in [3.8, 4) is 23.0 Å². The van der Waals surface area contributed by atoms with E-state index in [0.29, 0.717) is 35.7 Å². The molecule has 0 unspecified atom stereocenters. The maximum atomic E-state index is 12.9. The number of carbonyl (C=O) groups is 1. The van der Waals surface area contributed by atoms with E-state index in [9.17, 15) is 9.59 Å². The van der Waals surface area contributed by atoms with Gasteiger partial charge in [-0.3, -0.25) is 14.7 Å². The van der Waals surface area contributed by atoms with Crippen molar-refractivity contribution in [2.45, 2.75) is 19.4 Å². The normalized spacial score (nSPS) is 15.8. The van der Waals surface area contributed by atoms with Crippen molar-refractivity contribution < 1.29 is 9.53 Å². The highest BCUT2D eigenvalue weighted by Gasteiger charge is 2.19. The zero-order valence-corrected chi connectivity index (χ0v) is 15.8. The monoisotopic (exact) mass is 389 g/mol. The van der Waals surface area contributed by atoms with Crippen molar-refractivity contribution in [2.75, 3.05) is 13.2 Å². The van der Waals surface area contributed by atoms with Crippen LogP contribution >= 0.6 is 0 Å². The van der Waals surface area contributed by atoms with Crippen molar-refractivity contribution in [1.82, 2.24) is 20.1 Å². The molecule has 0 saturated carbocycles. The van der Waals surface area contributed by atoms with Gasteiger partial charge in [0.2, 0.25) is 0 Å². The van der Waals surface area contributed by atoms with Crippen LogP contribution < -0.4 is 10.9 Å². The zero-order chi connectivity index (χ0) is 20.4. The second-order valence-corrected chi connectivity index (χ2v) is 6.91. The standard InChI is InChI=1S/C21H19N5O3/c1-13-8-14(9-22)2-4-17(13)18-11-24-26(21(18)28)19-5-3-15(10-23-19)20(27)25-16-6-7-29-12-16/h2-5,8,10-11,16,24H,6-7,12H2,1H3,(H,25,27)/t16-/m0/s1. The number of hydrogen-bond acceptors (Lipinski definition) is 5. The fraction of sp³-hybridized carbons (Fsp3) is 0.238. The lowest BCUT2D eigenvalue weighted by atomic mass is 10.0. The molecule has 0 bridgehead atoms. The summed E-state index contributed by atoms with van der Waals surface area (Å²) in [7, 11) is 0. The summed E-state index contributed by atoms with van der Waals surface area (Å²) < 4.78 is 6.57. The topological polar surface area (TPSA) is 113 Å². The fourth-order valence-electron chi connectivity index (χ4n) is 3.34. The Hall–Kier alpha value is -3.70. The number of pyridine rings is 1. The van der Waals surface area contributed by atoms with E-state index in [4.69, 9.17) is 10.00 Å². The zero-order valence-electron chi connectivity index (χ0n) is 15.8. The van der Waals surface area contributed by atoms with E-state index in [-0.39, 0.29) is 17.5 Å². The molecular weight excluding hydrogens is 370 g/mol. The molecule has 3 heterocycles. The van der Waals surface area contributed by atoms with Crippen LogP contribution in [0.5, 0.6) is 0 Å². The molecule has 8 heteroatoms. The minimum absolute atomic E-state index is 0.0198. The molecule has 146 valence electrons. The Morgan fingerprint density at radius 2 is 2.21 bits per heavy atom. The highest BCUT2D eigenvalue weighted by molar-refractivity contribution is 5.94. The molecule has 4 rings (SSSR count). The number of aromatic amines is 1. The van der Waals surface area contributed by atoms with Gasteiger partial charge in [0.25, 0.3) is 11.5 Å². The second-order valence-electron chi connectivity index (χ2n) is 6.91. The van der Waals surface area contributed by atoms with Crippen molar-refractivity contribution >= 4 is 5.91 Å². The van der Waals surface area contributed by atoms with Crippen molar-refractivity contribution in [3.63, 3.8) is 0 Å². The summed E-state index contributed by atoms with van der Waals surface area (Å²) in [6.07, 6.45) is 3.85. The summed E-state index contributed by atoms with van der Waals surface area (Å²) in [5.74, 6) is 0.167. The van der Waals surface area contributed by atoms with E-state index >= 15 is 0 Å². The number of nitriles is 1. The van der Waals surface area contributed by atoms with Gasteiger partial charge in [-0.2, -0.15) is 5.26 Å². The molecule has 8 nitrogen and oxygen atoms in total. The predicted molar refractivity (Wildman–Crippen MR) is 106 cm³/mol. The molecular formula is C21H19N5O3. The number of carbonyl (C=O) groups excluding carboxylic acids is 1.